The molecule has 0 saturated carbocycles. The monoisotopic (exact) mass is 523 g/mol. The third-order valence-corrected chi connectivity index (χ3v) is 8.01. The van der Waals surface area contributed by atoms with Crippen LogP contribution in [-0.2, 0) is 26.0 Å². The van der Waals surface area contributed by atoms with Crippen LogP contribution in [0.25, 0.3) is 0 Å². The third kappa shape index (κ3) is 5.36. The number of amides is 1. The van der Waals surface area contributed by atoms with E-state index in [-0.39, 0.29) is 60.3 Å². The van der Waals surface area contributed by atoms with E-state index in [9.17, 15) is 23.3 Å². The minimum Gasteiger partial charge on any atom is -0.438 e. The Hall–Kier alpha value is -3.07. The van der Waals surface area contributed by atoms with Crippen molar-refractivity contribution < 1.29 is 32.3 Å². The molecule has 0 unspecified atom stereocenters. The second-order valence-corrected chi connectivity index (χ2v) is 10.4. The van der Waals surface area contributed by atoms with E-state index < -0.39 is 20.9 Å². The van der Waals surface area contributed by atoms with Gasteiger partial charge in [-0.25, -0.2) is 13.1 Å². The summed E-state index contributed by atoms with van der Waals surface area (Å²) in [5, 5.41) is 18.6. The van der Waals surface area contributed by atoms with Crippen molar-refractivity contribution in [3.05, 3.63) is 39.6 Å². The van der Waals surface area contributed by atoms with Gasteiger partial charge in [-0.2, -0.15) is 9.40 Å². The number of benzene rings is 1. The Balaban J connectivity index is 1.66. The number of nitro groups is 1. The van der Waals surface area contributed by atoms with Crippen LogP contribution >= 0.6 is 0 Å². The van der Waals surface area contributed by atoms with E-state index in [0.29, 0.717) is 25.3 Å². The fourth-order valence-electron chi connectivity index (χ4n) is 4.12. The summed E-state index contributed by atoms with van der Waals surface area (Å²) in [6, 6.07) is 3.40. The zero-order valence-corrected chi connectivity index (χ0v) is 21.0. The van der Waals surface area contributed by atoms with Gasteiger partial charge in [-0.05, 0) is 32.8 Å². The molecule has 1 aromatic heterocycles. The van der Waals surface area contributed by atoms with Crippen LogP contribution in [0.4, 0.5) is 5.69 Å². The summed E-state index contributed by atoms with van der Waals surface area (Å²) in [6.45, 7) is 5.49. The van der Waals surface area contributed by atoms with E-state index in [0.717, 1.165) is 18.9 Å². The maximum absolute atomic E-state index is 13.4. The van der Waals surface area contributed by atoms with Gasteiger partial charge in [0, 0.05) is 50.5 Å². The quantitative estimate of drug-likeness (QED) is 0.383. The summed E-state index contributed by atoms with van der Waals surface area (Å²) >= 11 is 0. The fourth-order valence-corrected chi connectivity index (χ4v) is 5.66. The number of non-ortho nitro benzene ring substituents is 1. The van der Waals surface area contributed by atoms with Crippen LogP contribution in [0.2, 0.25) is 0 Å². The molecule has 2 aliphatic heterocycles. The molecule has 4 rings (SSSR count). The molecule has 1 N–H and O–H groups in total. The smallest absolute Gasteiger partial charge is 0.272 e. The Labute approximate surface area is 208 Å². The summed E-state index contributed by atoms with van der Waals surface area (Å²) in [5.41, 5.74) is 0.170. The molecular formula is C22H29N5O8S. The molecule has 13 nitrogen and oxygen atoms in total. The number of carbonyl (C=O) groups excluding carboxylic acids is 1. The summed E-state index contributed by atoms with van der Waals surface area (Å²) in [4.78, 5) is 23.2. The van der Waals surface area contributed by atoms with Gasteiger partial charge >= 0.3 is 0 Å². The van der Waals surface area contributed by atoms with Crippen LogP contribution in [0.15, 0.2) is 23.1 Å². The lowest BCUT2D eigenvalue weighted by Crippen LogP contribution is -2.40. The second kappa shape index (κ2) is 10.9. The number of ether oxygens (including phenoxy) is 3. The van der Waals surface area contributed by atoms with Gasteiger partial charge in [0.05, 0.1) is 24.2 Å². The maximum Gasteiger partial charge on any atom is 0.272 e. The summed E-state index contributed by atoms with van der Waals surface area (Å²) in [6.07, 6.45) is 1.79. The first-order chi connectivity index (χ1) is 17.2. The number of morpholine rings is 1. The van der Waals surface area contributed by atoms with Crippen LogP contribution in [0, 0.1) is 17.0 Å². The second-order valence-electron chi connectivity index (χ2n) is 8.45. The molecule has 0 bridgehead atoms. The molecular weight excluding hydrogens is 494 g/mol. The van der Waals surface area contributed by atoms with E-state index in [1.54, 1.807) is 13.8 Å². The van der Waals surface area contributed by atoms with Crippen molar-refractivity contribution in [2.24, 2.45) is 0 Å². The molecule has 1 aromatic carbocycles. The third-order valence-electron chi connectivity index (χ3n) is 6.09. The van der Waals surface area contributed by atoms with Crippen molar-refractivity contribution in [3.8, 4) is 11.6 Å². The number of nitrogens with zero attached hydrogens (tertiary/aromatic N) is 4. The Kier molecular flexibility index (Phi) is 7.88. The number of hydrogen-bond donors (Lipinski definition) is 1. The molecule has 0 spiro atoms. The van der Waals surface area contributed by atoms with Gasteiger partial charge in [-0.1, -0.05) is 0 Å². The van der Waals surface area contributed by atoms with Crippen LogP contribution < -0.4 is 10.1 Å². The molecule has 1 atom stereocenters. The minimum absolute atomic E-state index is 0.0358. The highest BCUT2D eigenvalue weighted by Gasteiger charge is 2.32. The number of carbonyl (C=O) groups is 1. The number of aromatic nitrogens is 2. The van der Waals surface area contributed by atoms with Gasteiger partial charge in [0.15, 0.2) is 5.69 Å². The van der Waals surface area contributed by atoms with Crippen LogP contribution in [0.1, 0.15) is 35.8 Å². The van der Waals surface area contributed by atoms with Crippen molar-refractivity contribution in [1.82, 2.24) is 19.4 Å². The Morgan fingerprint density at radius 1 is 1.31 bits per heavy atom. The zero-order valence-electron chi connectivity index (χ0n) is 20.1. The first-order valence-corrected chi connectivity index (χ1v) is 13.2. The highest BCUT2D eigenvalue weighted by Crippen LogP contribution is 2.36. The topological polar surface area (TPSA) is 155 Å². The minimum atomic E-state index is -4.13. The first-order valence-electron chi connectivity index (χ1n) is 11.7. The van der Waals surface area contributed by atoms with E-state index in [1.807, 2.05) is 0 Å². The molecule has 3 heterocycles. The van der Waals surface area contributed by atoms with Crippen molar-refractivity contribution in [2.75, 3.05) is 39.5 Å². The van der Waals surface area contributed by atoms with Crippen molar-refractivity contribution in [2.45, 2.75) is 44.2 Å². The molecule has 0 radical (unpaired) electrons. The average molecular weight is 524 g/mol. The lowest BCUT2D eigenvalue weighted by molar-refractivity contribution is -0.385. The lowest BCUT2D eigenvalue weighted by Gasteiger charge is -2.26. The Morgan fingerprint density at radius 2 is 2.06 bits per heavy atom. The van der Waals surface area contributed by atoms with E-state index in [4.69, 9.17) is 14.2 Å². The molecule has 36 heavy (non-hydrogen) atoms. The largest absolute Gasteiger partial charge is 0.438 e. The van der Waals surface area contributed by atoms with E-state index in [2.05, 4.69) is 10.4 Å². The number of sulfonamides is 1. The number of rotatable bonds is 9. The Bertz CT molecular complexity index is 1230. The van der Waals surface area contributed by atoms with E-state index >= 15 is 0 Å². The highest BCUT2D eigenvalue weighted by molar-refractivity contribution is 7.89. The van der Waals surface area contributed by atoms with Crippen LogP contribution in [-0.4, -0.2) is 78.9 Å². The van der Waals surface area contributed by atoms with Gasteiger partial charge in [-0.15, -0.1) is 0 Å². The predicted octanol–water partition coefficient (Wildman–Crippen LogP) is 1.84. The zero-order chi connectivity index (χ0) is 25.9. The fraction of sp³-hybridized carbons (Fsp3) is 0.545. The van der Waals surface area contributed by atoms with Crippen molar-refractivity contribution in [3.63, 3.8) is 0 Å². The number of nitro benzene ring substituents is 1. The van der Waals surface area contributed by atoms with E-state index in [1.165, 1.54) is 21.1 Å². The standard InChI is InChI=1S/C22H29N5O8S/c1-3-26-22(15(2)20(24-26)21(28)23-14-17-5-4-10-34-17)35-18-7-6-16(27(29)30)13-19(18)36(31,32)25-8-11-33-12-9-25/h6-7,13,17H,3-5,8-12,14H2,1-2H3,(H,23,28)/t17-/m1/s1. The van der Waals surface area contributed by atoms with Gasteiger partial charge in [0.25, 0.3) is 11.6 Å². The van der Waals surface area contributed by atoms with Crippen molar-refractivity contribution >= 4 is 21.6 Å². The molecule has 2 fully saturated rings. The van der Waals surface area contributed by atoms with Crippen LogP contribution in [0.3, 0.4) is 0 Å². The lowest BCUT2D eigenvalue weighted by atomic mass is 10.2. The number of nitrogens with one attached hydrogen (secondary N) is 1. The summed E-state index contributed by atoms with van der Waals surface area (Å²) in [7, 11) is -4.13. The van der Waals surface area contributed by atoms with Gasteiger partial charge in [-0.3, -0.25) is 14.9 Å². The van der Waals surface area contributed by atoms with Crippen molar-refractivity contribution in [1.29, 1.82) is 0 Å². The molecule has 14 heteroatoms. The molecule has 1 amide bonds. The van der Waals surface area contributed by atoms with Gasteiger partial charge in [0.1, 0.15) is 10.6 Å². The predicted molar refractivity (Wildman–Crippen MR) is 127 cm³/mol. The van der Waals surface area contributed by atoms with Crippen LogP contribution in [0.5, 0.6) is 11.6 Å². The average Bonchev–Trinajstić information content (AvgIpc) is 3.51. The normalized spacial score (nSPS) is 18.8. The number of hydrogen-bond acceptors (Lipinski definition) is 9. The maximum atomic E-state index is 13.4. The molecule has 196 valence electrons. The number of aryl methyl sites for hydroxylation is 1. The first kappa shape index (κ1) is 26.0. The Morgan fingerprint density at radius 3 is 2.69 bits per heavy atom. The molecule has 0 aliphatic carbocycles. The molecule has 2 saturated heterocycles. The van der Waals surface area contributed by atoms with Gasteiger partial charge in [0.2, 0.25) is 15.9 Å². The SMILES string of the molecule is CCn1nc(C(=O)NC[C@H]2CCCO2)c(C)c1Oc1ccc([N+](=O)[O-])cc1S(=O)(=O)N1CCOCC1. The highest BCUT2D eigenvalue weighted by atomic mass is 32.2. The van der Waals surface area contributed by atoms with Gasteiger partial charge < -0.3 is 19.5 Å². The summed E-state index contributed by atoms with van der Waals surface area (Å²) in [5.74, 6) is -0.326. The summed E-state index contributed by atoms with van der Waals surface area (Å²) < 4.78 is 46.3. The molecule has 2 aliphatic rings. The molecule has 2 aromatic rings.